The van der Waals surface area contributed by atoms with Crippen molar-refractivity contribution in [3.63, 3.8) is 0 Å². The van der Waals surface area contributed by atoms with Crippen molar-refractivity contribution in [3.8, 4) is 28.6 Å². The number of ether oxygens (including phenoxy) is 2. The Labute approximate surface area is 178 Å². The monoisotopic (exact) mass is 424 g/mol. The first-order chi connectivity index (χ1) is 15.0. The van der Waals surface area contributed by atoms with Crippen LogP contribution in [0.25, 0.3) is 11.1 Å². The quantitative estimate of drug-likeness (QED) is 0.652. The fourth-order valence-corrected chi connectivity index (χ4v) is 3.36. The molecule has 1 N–H and O–H groups in total. The average molecular weight is 424 g/mol. The molecule has 0 bridgehead atoms. The maximum absolute atomic E-state index is 14.7. The van der Waals surface area contributed by atoms with Crippen LogP contribution in [-0.2, 0) is 0 Å². The van der Waals surface area contributed by atoms with Crippen molar-refractivity contribution in [2.75, 3.05) is 13.1 Å². The third-order valence-electron chi connectivity index (χ3n) is 5.12. The molecule has 4 rings (SSSR count). The Morgan fingerprint density at radius 2 is 1.94 bits per heavy atom. The largest absolute Gasteiger partial charge is 0.474 e. The molecular weight excluding hydrogens is 403 g/mol. The van der Waals surface area contributed by atoms with Gasteiger partial charge in [0.1, 0.15) is 12.4 Å². The van der Waals surface area contributed by atoms with Crippen LogP contribution in [0, 0.1) is 12.7 Å². The zero-order valence-corrected chi connectivity index (χ0v) is 16.9. The summed E-state index contributed by atoms with van der Waals surface area (Å²) in [6.07, 6.45) is 4.66. The number of pyridine rings is 1. The van der Waals surface area contributed by atoms with E-state index >= 15 is 0 Å². The van der Waals surface area contributed by atoms with Crippen LogP contribution in [-0.4, -0.2) is 50.2 Å². The van der Waals surface area contributed by atoms with Crippen LogP contribution in [0.2, 0.25) is 0 Å². The number of nitrogens with zero attached hydrogens (tertiary/aromatic N) is 4. The maximum Gasteiger partial charge on any atom is 0.407 e. The molecule has 0 unspecified atom stereocenters. The van der Waals surface area contributed by atoms with E-state index in [0.29, 0.717) is 42.9 Å². The van der Waals surface area contributed by atoms with Gasteiger partial charge in [0.15, 0.2) is 11.6 Å². The molecule has 2 aromatic heterocycles. The second-order valence-electron chi connectivity index (χ2n) is 7.18. The SMILES string of the molecule is Cc1c(Oc2ccc(-c3cccnc3)cc2F)ncnc1OC1CCN(C(=O)O)CC1. The zero-order valence-electron chi connectivity index (χ0n) is 16.9. The Bertz CT molecular complexity index is 1070. The van der Waals surface area contributed by atoms with Gasteiger partial charge in [-0.15, -0.1) is 0 Å². The molecule has 1 fully saturated rings. The first kappa shape index (κ1) is 20.5. The summed E-state index contributed by atoms with van der Waals surface area (Å²) in [4.78, 5) is 24.7. The molecule has 0 atom stereocenters. The molecule has 9 heteroatoms. The Morgan fingerprint density at radius 3 is 2.61 bits per heavy atom. The van der Waals surface area contributed by atoms with Gasteiger partial charge >= 0.3 is 6.09 Å². The summed E-state index contributed by atoms with van der Waals surface area (Å²) in [6, 6.07) is 8.31. The van der Waals surface area contributed by atoms with Crippen LogP contribution < -0.4 is 9.47 Å². The van der Waals surface area contributed by atoms with E-state index in [1.165, 1.54) is 17.3 Å². The van der Waals surface area contributed by atoms with Crippen LogP contribution in [0.15, 0.2) is 49.1 Å². The van der Waals surface area contributed by atoms with E-state index in [1.54, 1.807) is 37.5 Å². The number of rotatable bonds is 5. The van der Waals surface area contributed by atoms with E-state index in [2.05, 4.69) is 15.0 Å². The van der Waals surface area contributed by atoms with E-state index in [4.69, 9.17) is 14.6 Å². The summed E-state index contributed by atoms with van der Waals surface area (Å²) >= 11 is 0. The molecule has 1 aliphatic rings. The number of halogens is 1. The van der Waals surface area contributed by atoms with Gasteiger partial charge in [-0.3, -0.25) is 4.98 Å². The second kappa shape index (κ2) is 8.95. The Hall–Kier alpha value is -3.75. The van der Waals surface area contributed by atoms with Gasteiger partial charge in [-0.1, -0.05) is 12.1 Å². The summed E-state index contributed by atoms with van der Waals surface area (Å²) in [5, 5.41) is 9.05. The number of benzene rings is 1. The summed E-state index contributed by atoms with van der Waals surface area (Å²) in [6.45, 7) is 2.54. The predicted octanol–water partition coefficient (Wildman–Crippen LogP) is 4.30. The van der Waals surface area contributed by atoms with Crippen LogP contribution in [0.1, 0.15) is 18.4 Å². The Balaban J connectivity index is 1.47. The molecule has 160 valence electrons. The van der Waals surface area contributed by atoms with Crippen molar-refractivity contribution in [2.24, 2.45) is 0 Å². The van der Waals surface area contributed by atoms with Crippen LogP contribution in [0.4, 0.5) is 9.18 Å². The summed E-state index contributed by atoms with van der Waals surface area (Å²) in [7, 11) is 0. The third kappa shape index (κ3) is 4.71. The minimum atomic E-state index is -0.927. The maximum atomic E-state index is 14.7. The van der Waals surface area contributed by atoms with E-state index in [0.717, 1.165) is 5.56 Å². The molecule has 1 saturated heterocycles. The van der Waals surface area contributed by atoms with Gasteiger partial charge in [-0.2, -0.15) is 0 Å². The van der Waals surface area contributed by atoms with E-state index in [-0.39, 0.29) is 17.7 Å². The lowest BCUT2D eigenvalue weighted by atomic mass is 10.1. The molecule has 3 aromatic rings. The van der Waals surface area contributed by atoms with E-state index in [1.807, 2.05) is 6.07 Å². The highest BCUT2D eigenvalue weighted by Gasteiger charge is 2.25. The molecule has 0 radical (unpaired) electrons. The topological polar surface area (TPSA) is 97.7 Å². The zero-order chi connectivity index (χ0) is 21.8. The van der Waals surface area contributed by atoms with Gasteiger partial charge in [-0.25, -0.2) is 19.2 Å². The molecule has 1 aromatic carbocycles. The van der Waals surface area contributed by atoms with Gasteiger partial charge in [0.2, 0.25) is 11.8 Å². The van der Waals surface area contributed by atoms with Crippen LogP contribution in [0.3, 0.4) is 0 Å². The Morgan fingerprint density at radius 1 is 1.16 bits per heavy atom. The minimum Gasteiger partial charge on any atom is -0.474 e. The van der Waals surface area contributed by atoms with Gasteiger partial charge in [0.05, 0.1) is 5.56 Å². The number of piperidine rings is 1. The van der Waals surface area contributed by atoms with Crippen LogP contribution in [0.5, 0.6) is 17.5 Å². The van der Waals surface area contributed by atoms with Crippen molar-refractivity contribution < 1.29 is 23.8 Å². The number of hydrogen-bond acceptors (Lipinski definition) is 6. The fourth-order valence-electron chi connectivity index (χ4n) is 3.36. The fraction of sp³-hybridized carbons (Fsp3) is 0.273. The lowest BCUT2D eigenvalue weighted by Gasteiger charge is -2.30. The number of hydrogen-bond donors (Lipinski definition) is 1. The lowest BCUT2D eigenvalue weighted by Crippen LogP contribution is -2.41. The summed E-state index contributed by atoms with van der Waals surface area (Å²) in [5.41, 5.74) is 2.03. The smallest absolute Gasteiger partial charge is 0.407 e. The van der Waals surface area contributed by atoms with Crippen molar-refractivity contribution in [1.29, 1.82) is 0 Å². The molecule has 1 amide bonds. The van der Waals surface area contributed by atoms with E-state index < -0.39 is 11.9 Å². The van der Waals surface area contributed by atoms with Crippen LogP contribution >= 0.6 is 0 Å². The van der Waals surface area contributed by atoms with Crippen molar-refractivity contribution in [1.82, 2.24) is 19.9 Å². The minimum absolute atomic E-state index is 0.0372. The molecular formula is C22H21FN4O4. The molecule has 8 nitrogen and oxygen atoms in total. The molecule has 31 heavy (non-hydrogen) atoms. The van der Waals surface area contributed by atoms with E-state index in [9.17, 15) is 9.18 Å². The molecule has 1 aliphatic heterocycles. The summed E-state index contributed by atoms with van der Waals surface area (Å²) < 4.78 is 26.3. The Kier molecular flexibility index (Phi) is 5.92. The first-order valence-electron chi connectivity index (χ1n) is 9.85. The third-order valence-corrected chi connectivity index (χ3v) is 5.12. The normalized spacial score (nSPS) is 14.3. The standard InChI is InChI=1S/C22H21FN4O4/c1-14-20(30-17-6-9-27(10-7-17)22(28)29)25-13-26-21(14)31-19-5-4-15(11-18(19)23)16-3-2-8-24-12-16/h2-5,8,11-13,17H,6-7,9-10H2,1H3,(H,28,29). The van der Waals surface area contributed by atoms with Crippen molar-refractivity contribution in [3.05, 3.63) is 60.4 Å². The second-order valence-corrected chi connectivity index (χ2v) is 7.18. The van der Waals surface area contributed by atoms with Gasteiger partial charge < -0.3 is 19.5 Å². The lowest BCUT2D eigenvalue weighted by molar-refractivity contribution is 0.0864. The number of aromatic nitrogens is 3. The molecule has 0 saturated carbocycles. The average Bonchev–Trinajstić information content (AvgIpc) is 2.78. The molecule has 0 spiro atoms. The highest BCUT2D eigenvalue weighted by atomic mass is 19.1. The number of carbonyl (C=O) groups is 1. The van der Waals surface area contributed by atoms with Crippen molar-refractivity contribution in [2.45, 2.75) is 25.9 Å². The predicted molar refractivity (Wildman–Crippen MR) is 110 cm³/mol. The summed E-state index contributed by atoms with van der Waals surface area (Å²) in [5.74, 6) is 0.0465. The number of amides is 1. The highest BCUT2D eigenvalue weighted by molar-refractivity contribution is 5.65. The van der Waals surface area contributed by atoms with Gasteiger partial charge in [0, 0.05) is 43.9 Å². The number of carboxylic acid groups (broad SMARTS) is 1. The molecule has 0 aliphatic carbocycles. The highest BCUT2D eigenvalue weighted by Crippen LogP contribution is 2.32. The number of likely N-dealkylation sites (tertiary alicyclic amines) is 1. The van der Waals surface area contributed by atoms with Gasteiger partial charge in [-0.05, 0) is 30.7 Å². The van der Waals surface area contributed by atoms with Gasteiger partial charge in [0.25, 0.3) is 0 Å². The van der Waals surface area contributed by atoms with Crippen molar-refractivity contribution >= 4 is 6.09 Å². The first-order valence-corrected chi connectivity index (χ1v) is 9.85. The molecule has 3 heterocycles.